The Labute approximate surface area is 378 Å². The number of carbonyl (C=O) groups excluding carboxylic acids is 1. The van der Waals surface area contributed by atoms with Gasteiger partial charge in [-0.3, -0.25) is 9.35 Å². The molecule has 0 bridgehead atoms. The maximum absolute atomic E-state index is 12.8. The molecule has 366 valence electrons. The van der Waals surface area contributed by atoms with Crippen LogP contribution in [-0.2, 0) is 38.3 Å². The molecule has 13 heteroatoms. The van der Waals surface area contributed by atoms with Gasteiger partial charge in [-0.15, -0.1) is 0 Å². The molecule has 6 atom stereocenters. The zero-order valence-electron chi connectivity index (χ0n) is 39.2. The standard InChI is InChI=1S/C49H92O12S/c1-3-5-7-9-11-13-15-16-17-18-19-20-21-22-23-24-25-26-27-29-31-33-35-37-39-57-41-43(59-45(51)38-36-34-32-30-28-14-12-10-8-6-4-2)42-58-49-47(53)48(61-62(54,55)56)46(52)44(40-50)60-49/h15-16,18-19,43-44,46-50,52-53H,3-14,17,20-42H2,1-2H3,(H,54,55,56)/b16-15-,19-18-. The molecule has 0 saturated carbocycles. The van der Waals surface area contributed by atoms with E-state index in [1.807, 2.05) is 0 Å². The maximum Gasteiger partial charge on any atom is 0.397 e. The smallest absolute Gasteiger partial charge is 0.397 e. The summed E-state index contributed by atoms with van der Waals surface area (Å²) >= 11 is 0. The van der Waals surface area contributed by atoms with Crippen LogP contribution in [0.2, 0.25) is 0 Å². The van der Waals surface area contributed by atoms with Crippen molar-refractivity contribution in [3.05, 3.63) is 24.3 Å². The Morgan fingerprint density at radius 2 is 1.06 bits per heavy atom. The maximum atomic E-state index is 12.8. The molecule has 1 saturated heterocycles. The quantitative estimate of drug-likeness (QED) is 0.0197. The van der Waals surface area contributed by atoms with Gasteiger partial charge in [-0.25, -0.2) is 4.18 Å². The molecule has 0 aliphatic carbocycles. The number of unbranched alkanes of at least 4 members (excludes halogenated alkanes) is 27. The van der Waals surface area contributed by atoms with Gasteiger partial charge in [-0.05, 0) is 44.9 Å². The summed E-state index contributed by atoms with van der Waals surface area (Å²) in [5.41, 5.74) is 0. The molecule has 0 aromatic rings. The molecule has 1 fully saturated rings. The first-order valence-electron chi connectivity index (χ1n) is 25.1. The van der Waals surface area contributed by atoms with Crippen LogP contribution in [0.4, 0.5) is 0 Å². The normalized spacial score (nSPS) is 20.1. The van der Waals surface area contributed by atoms with Crippen LogP contribution >= 0.6 is 0 Å². The van der Waals surface area contributed by atoms with Crippen LogP contribution in [0.5, 0.6) is 0 Å². The average Bonchev–Trinajstić information content (AvgIpc) is 3.24. The van der Waals surface area contributed by atoms with E-state index in [2.05, 4.69) is 42.3 Å². The van der Waals surface area contributed by atoms with Crippen LogP contribution in [0.25, 0.3) is 0 Å². The minimum atomic E-state index is -5.06. The number of esters is 1. The number of rotatable bonds is 44. The zero-order valence-corrected chi connectivity index (χ0v) is 40.0. The fraction of sp³-hybridized carbons (Fsp3) is 0.898. The second-order valence-corrected chi connectivity index (χ2v) is 18.5. The van der Waals surface area contributed by atoms with E-state index in [0.717, 1.165) is 44.9 Å². The van der Waals surface area contributed by atoms with Crippen LogP contribution in [0.15, 0.2) is 24.3 Å². The van der Waals surface area contributed by atoms with Crippen LogP contribution in [0.1, 0.15) is 219 Å². The van der Waals surface area contributed by atoms with Crippen molar-refractivity contribution in [1.29, 1.82) is 0 Å². The molecule has 4 N–H and O–H groups in total. The van der Waals surface area contributed by atoms with Crippen LogP contribution in [-0.4, -0.2) is 97.5 Å². The van der Waals surface area contributed by atoms with Crippen molar-refractivity contribution < 1.29 is 56.2 Å². The van der Waals surface area contributed by atoms with Crippen molar-refractivity contribution in [2.24, 2.45) is 0 Å². The molecular weight excluding hydrogens is 813 g/mol. The molecule has 0 radical (unpaired) electrons. The largest absolute Gasteiger partial charge is 0.457 e. The third kappa shape index (κ3) is 34.0. The zero-order chi connectivity index (χ0) is 45.4. The van der Waals surface area contributed by atoms with E-state index in [0.29, 0.717) is 13.0 Å². The molecule has 0 amide bonds. The molecule has 1 rings (SSSR count). The van der Waals surface area contributed by atoms with E-state index < -0.39 is 59.8 Å². The van der Waals surface area contributed by atoms with E-state index in [1.54, 1.807) is 0 Å². The van der Waals surface area contributed by atoms with Crippen molar-refractivity contribution in [3.63, 3.8) is 0 Å². The molecular formula is C49H92O12S. The van der Waals surface area contributed by atoms with E-state index in [4.69, 9.17) is 23.5 Å². The van der Waals surface area contributed by atoms with Crippen LogP contribution in [0.3, 0.4) is 0 Å². The third-order valence-electron chi connectivity index (χ3n) is 11.6. The summed E-state index contributed by atoms with van der Waals surface area (Å²) in [5.74, 6) is -0.398. The molecule has 1 aliphatic heterocycles. The highest BCUT2D eigenvalue weighted by Gasteiger charge is 2.48. The van der Waals surface area contributed by atoms with Gasteiger partial charge in [0.2, 0.25) is 0 Å². The van der Waals surface area contributed by atoms with Crippen LogP contribution in [0, 0.1) is 0 Å². The lowest BCUT2D eigenvalue weighted by Gasteiger charge is -2.41. The molecule has 12 nitrogen and oxygen atoms in total. The van der Waals surface area contributed by atoms with Gasteiger partial charge in [0.1, 0.15) is 30.5 Å². The van der Waals surface area contributed by atoms with Crippen LogP contribution < -0.4 is 0 Å². The van der Waals surface area contributed by atoms with Crippen molar-refractivity contribution >= 4 is 16.4 Å². The fourth-order valence-electron chi connectivity index (χ4n) is 7.76. The molecule has 1 heterocycles. The van der Waals surface area contributed by atoms with E-state index >= 15 is 0 Å². The van der Waals surface area contributed by atoms with E-state index in [-0.39, 0.29) is 19.6 Å². The third-order valence-corrected chi connectivity index (χ3v) is 12.0. The van der Waals surface area contributed by atoms with Gasteiger partial charge in [0, 0.05) is 13.0 Å². The van der Waals surface area contributed by atoms with Crippen molar-refractivity contribution in [3.8, 4) is 0 Å². The minimum Gasteiger partial charge on any atom is -0.457 e. The Hall–Kier alpha value is -1.42. The number of allylic oxidation sites excluding steroid dienone is 4. The monoisotopic (exact) mass is 905 g/mol. The van der Waals surface area contributed by atoms with Gasteiger partial charge in [-0.1, -0.05) is 192 Å². The predicted octanol–water partition coefficient (Wildman–Crippen LogP) is 11.2. The Bertz CT molecular complexity index is 1180. The highest BCUT2D eigenvalue weighted by molar-refractivity contribution is 7.80. The summed E-state index contributed by atoms with van der Waals surface area (Å²) in [5, 5.41) is 30.7. The van der Waals surface area contributed by atoms with E-state index in [1.165, 1.54) is 148 Å². The summed E-state index contributed by atoms with van der Waals surface area (Å²) in [6, 6.07) is 0. The predicted molar refractivity (Wildman–Crippen MR) is 248 cm³/mol. The first-order valence-corrected chi connectivity index (χ1v) is 26.5. The average molecular weight is 905 g/mol. The lowest BCUT2D eigenvalue weighted by atomic mass is 9.99. The highest BCUT2D eigenvalue weighted by atomic mass is 32.3. The Morgan fingerprint density at radius 3 is 1.53 bits per heavy atom. The number of carbonyl (C=O) groups is 1. The number of ether oxygens (including phenoxy) is 4. The summed E-state index contributed by atoms with van der Waals surface area (Å²) < 4.78 is 59.1. The second-order valence-electron chi connectivity index (χ2n) is 17.4. The highest BCUT2D eigenvalue weighted by Crippen LogP contribution is 2.26. The number of aliphatic hydroxyl groups excluding tert-OH is 3. The topological polar surface area (TPSA) is 178 Å². The summed E-state index contributed by atoms with van der Waals surface area (Å²) in [4.78, 5) is 12.8. The van der Waals surface area contributed by atoms with Gasteiger partial charge >= 0.3 is 16.4 Å². The minimum absolute atomic E-state index is 0.0392. The first kappa shape index (κ1) is 58.6. The molecule has 1 aliphatic rings. The first-order chi connectivity index (χ1) is 30.1. The summed E-state index contributed by atoms with van der Waals surface area (Å²) in [6.07, 6.45) is 37.9. The molecule has 0 aromatic heterocycles. The van der Waals surface area contributed by atoms with Crippen molar-refractivity contribution in [2.45, 2.75) is 256 Å². The fourth-order valence-corrected chi connectivity index (χ4v) is 8.27. The van der Waals surface area contributed by atoms with Gasteiger partial charge in [-0.2, -0.15) is 8.42 Å². The Balaban J connectivity index is 2.30. The van der Waals surface area contributed by atoms with Crippen molar-refractivity contribution in [2.75, 3.05) is 26.4 Å². The molecule has 0 aromatic carbocycles. The molecule has 62 heavy (non-hydrogen) atoms. The number of hydrogen-bond donors (Lipinski definition) is 4. The van der Waals surface area contributed by atoms with Gasteiger partial charge in [0.25, 0.3) is 0 Å². The second kappa shape index (κ2) is 41.0. The molecule has 6 unspecified atom stereocenters. The lowest BCUT2D eigenvalue weighted by Crippen LogP contribution is -2.60. The summed E-state index contributed by atoms with van der Waals surface area (Å²) in [6.45, 7) is 3.99. The Morgan fingerprint density at radius 1 is 0.613 bits per heavy atom. The number of hydrogen-bond acceptors (Lipinski definition) is 11. The van der Waals surface area contributed by atoms with Gasteiger partial charge in [0.05, 0.1) is 19.8 Å². The lowest BCUT2D eigenvalue weighted by molar-refractivity contribution is -0.301. The summed E-state index contributed by atoms with van der Waals surface area (Å²) in [7, 11) is -5.06. The van der Waals surface area contributed by atoms with E-state index in [9.17, 15) is 28.5 Å². The van der Waals surface area contributed by atoms with Gasteiger partial charge < -0.3 is 34.3 Å². The number of aliphatic hydroxyl groups is 3. The SMILES string of the molecule is CCCCCCC/C=C\C/C=C\CCCCCCCCCCCCCCOCC(COC1OC(CO)C(O)C(OS(=O)(=O)O)C1O)OC(=O)CCCCCCCCCCCCC. The Kier molecular flexibility index (Phi) is 38.8. The van der Waals surface area contributed by atoms with Crippen molar-refractivity contribution in [1.82, 2.24) is 0 Å². The van der Waals surface area contributed by atoms with Gasteiger partial charge in [0.15, 0.2) is 6.29 Å². The molecule has 0 spiro atoms.